The zero-order chi connectivity index (χ0) is 18.8. The molecule has 0 spiro atoms. The average Bonchev–Trinajstić information content (AvgIpc) is 2.74. The van der Waals surface area contributed by atoms with Crippen molar-refractivity contribution in [3.05, 3.63) is 29.3 Å². The second-order valence-corrected chi connectivity index (χ2v) is 8.32. The van der Waals surface area contributed by atoms with Crippen molar-refractivity contribution in [2.24, 2.45) is 0 Å². The summed E-state index contributed by atoms with van der Waals surface area (Å²) >= 11 is 5.89. The molecule has 0 bridgehead atoms. The van der Waals surface area contributed by atoms with Gasteiger partial charge in [0.25, 0.3) is 0 Å². The molecule has 25 heavy (non-hydrogen) atoms. The van der Waals surface area contributed by atoms with Crippen LogP contribution in [0.25, 0.3) is 0 Å². The third kappa shape index (κ3) is 5.51. The molecule has 0 N–H and O–H groups in total. The number of amides is 1. The summed E-state index contributed by atoms with van der Waals surface area (Å²) in [5, 5.41) is 0.669. The van der Waals surface area contributed by atoms with E-state index in [-0.39, 0.29) is 18.2 Å². The van der Waals surface area contributed by atoms with Crippen molar-refractivity contribution in [1.29, 1.82) is 0 Å². The topological polar surface area (TPSA) is 48.0 Å². The molecule has 0 aliphatic carbocycles. The highest BCUT2D eigenvalue weighted by atomic mass is 35.5. The van der Waals surface area contributed by atoms with Crippen LogP contribution in [0.3, 0.4) is 0 Å². The number of ether oxygens (including phenoxy) is 3. The Morgan fingerprint density at radius 3 is 2.52 bits per heavy atom. The fourth-order valence-electron chi connectivity index (χ4n) is 2.91. The molecule has 0 aromatic heterocycles. The van der Waals surface area contributed by atoms with Crippen LogP contribution in [0.1, 0.15) is 48.0 Å². The summed E-state index contributed by atoms with van der Waals surface area (Å²) in [6, 6.07) is 7.14. The van der Waals surface area contributed by atoms with Crippen molar-refractivity contribution >= 4 is 17.7 Å². The van der Waals surface area contributed by atoms with Crippen LogP contribution < -0.4 is 4.74 Å². The highest BCUT2D eigenvalue weighted by molar-refractivity contribution is 6.30. The number of halogens is 1. The quantitative estimate of drug-likeness (QED) is 0.759. The molecular formula is C19H28ClNO4. The molecule has 1 fully saturated rings. The van der Waals surface area contributed by atoms with Gasteiger partial charge in [-0.15, -0.1) is 0 Å². The van der Waals surface area contributed by atoms with E-state index in [4.69, 9.17) is 25.8 Å². The fraction of sp³-hybridized carbons (Fsp3) is 0.632. The van der Waals surface area contributed by atoms with E-state index in [9.17, 15) is 4.79 Å². The second-order valence-electron chi connectivity index (χ2n) is 7.88. The Kier molecular flexibility index (Phi) is 5.89. The molecule has 1 amide bonds. The van der Waals surface area contributed by atoms with Crippen LogP contribution in [0, 0.1) is 0 Å². The van der Waals surface area contributed by atoms with Gasteiger partial charge in [-0.2, -0.15) is 0 Å². The first-order valence-electron chi connectivity index (χ1n) is 8.56. The molecule has 1 aliphatic rings. The normalized spacial score (nSPS) is 21.1. The van der Waals surface area contributed by atoms with Crippen LogP contribution in [-0.4, -0.2) is 41.1 Å². The minimum atomic E-state index is -0.701. The maximum Gasteiger partial charge on any atom is 0.412 e. The number of hydrogen-bond acceptors (Lipinski definition) is 4. The molecule has 1 heterocycles. The molecule has 1 saturated heterocycles. The lowest BCUT2D eigenvalue weighted by atomic mass is 10.1. The van der Waals surface area contributed by atoms with Gasteiger partial charge in [-0.25, -0.2) is 4.79 Å². The number of carbonyl (C=O) groups excluding carboxylic acids is 1. The first kappa shape index (κ1) is 19.9. The van der Waals surface area contributed by atoms with Gasteiger partial charge in [0, 0.05) is 11.4 Å². The summed E-state index contributed by atoms with van der Waals surface area (Å²) in [5.41, 5.74) is -1.25. The zero-order valence-electron chi connectivity index (χ0n) is 15.8. The largest absolute Gasteiger partial charge is 0.491 e. The van der Waals surface area contributed by atoms with Gasteiger partial charge in [-0.1, -0.05) is 11.6 Å². The molecule has 140 valence electrons. The zero-order valence-corrected chi connectivity index (χ0v) is 16.6. The number of rotatable bonds is 4. The second kappa shape index (κ2) is 7.42. The van der Waals surface area contributed by atoms with Crippen molar-refractivity contribution in [2.45, 2.75) is 71.4 Å². The van der Waals surface area contributed by atoms with E-state index >= 15 is 0 Å². The predicted molar refractivity (Wildman–Crippen MR) is 98.1 cm³/mol. The SMILES string of the molecule is C[C@@H](C[C@H]1COC(C)(C)N1C(=O)OC(C)(C)C)Oc1ccc(Cl)cc1. The number of hydrogen-bond donors (Lipinski definition) is 0. The van der Waals surface area contributed by atoms with Gasteiger partial charge in [0.1, 0.15) is 17.1 Å². The molecule has 5 nitrogen and oxygen atoms in total. The van der Waals surface area contributed by atoms with Gasteiger partial charge >= 0.3 is 6.09 Å². The fourth-order valence-corrected chi connectivity index (χ4v) is 3.04. The van der Waals surface area contributed by atoms with E-state index in [0.29, 0.717) is 18.1 Å². The summed E-state index contributed by atoms with van der Waals surface area (Å²) in [5.74, 6) is 0.749. The molecule has 1 aliphatic heterocycles. The van der Waals surface area contributed by atoms with Crippen molar-refractivity contribution in [3.63, 3.8) is 0 Å². The lowest BCUT2D eigenvalue weighted by Crippen LogP contribution is -2.50. The molecule has 6 heteroatoms. The smallest absolute Gasteiger partial charge is 0.412 e. The van der Waals surface area contributed by atoms with Gasteiger partial charge < -0.3 is 14.2 Å². The lowest BCUT2D eigenvalue weighted by molar-refractivity contribution is -0.0633. The highest BCUT2D eigenvalue weighted by Gasteiger charge is 2.46. The van der Waals surface area contributed by atoms with E-state index in [1.807, 2.05) is 53.7 Å². The summed E-state index contributed by atoms with van der Waals surface area (Å²) < 4.78 is 17.3. The summed E-state index contributed by atoms with van der Waals surface area (Å²) in [7, 11) is 0. The third-order valence-corrected chi connectivity index (χ3v) is 4.17. The van der Waals surface area contributed by atoms with Crippen LogP contribution in [0.15, 0.2) is 24.3 Å². The summed E-state index contributed by atoms with van der Waals surface area (Å²) in [4.78, 5) is 14.3. The minimum Gasteiger partial charge on any atom is -0.491 e. The molecule has 0 unspecified atom stereocenters. The maximum absolute atomic E-state index is 12.6. The van der Waals surface area contributed by atoms with Crippen molar-refractivity contribution in [2.75, 3.05) is 6.61 Å². The molecule has 0 radical (unpaired) electrons. The molecule has 2 rings (SSSR count). The van der Waals surface area contributed by atoms with Crippen LogP contribution in [-0.2, 0) is 9.47 Å². The number of nitrogens with zero attached hydrogens (tertiary/aromatic N) is 1. The van der Waals surface area contributed by atoms with Crippen molar-refractivity contribution in [1.82, 2.24) is 4.90 Å². The minimum absolute atomic E-state index is 0.0892. The Balaban J connectivity index is 2.03. The van der Waals surface area contributed by atoms with Crippen molar-refractivity contribution in [3.8, 4) is 5.75 Å². The van der Waals surface area contributed by atoms with Crippen LogP contribution in [0.4, 0.5) is 4.79 Å². The van der Waals surface area contributed by atoms with Gasteiger partial charge in [0.15, 0.2) is 0 Å². The molecule has 1 aromatic carbocycles. The van der Waals surface area contributed by atoms with Gasteiger partial charge in [0.2, 0.25) is 0 Å². The Morgan fingerprint density at radius 2 is 1.96 bits per heavy atom. The molecule has 1 aromatic rings. The van der Waals surface area contributed by atoms with Gasteiger partial charge in [0.05, 0.1) is 18.8 Å². The number of carbonyl (C=O) groups is 1. The van der Waals surface area contributed by atoms with Gasteiger partial charge in [-0.05, 0) is 65.8 Å². The Morgan fingerprint density at radius 1 is 1.36 bits per heavy atom. The van der Waals surface area contributed by atoms with Crippen molar-refractivity contribution < 1.29 is 19.0 Å². The van der Waals surface area contributed by atoms with Gasteiger partial charge in [-0.3, -0.25) is 4.90 Å². The first-order valence-corrected chi connectivity index (χ1v) is 8.94. The Hall–Kier alpha value is -1.46. The summed E-state index contributed by atoms with van der Waals surface area (Å²) in [6.07, 6.45) is 0.193. The average molecular weight is 370 g/mol. The predicted octanol–water partition coefficient (Wildman–Crippen LogP) is 4.87. The highest BCUT2D eigenvalue weighted by Crippen LogP contribution is 2.32. The molecule has 2 atom stereocenters. The van der Waals surface area contributed by atoms with Crippen LogP contribution in [0.5, 0.6) is 5.75 Å². The van der Waals surface area contributed by atoms with E-state index in [0.717, 1.165) is 5.75 Å². The number of benzene rings is 1. The summed E-state index contributed by atoms with van der Waals surface area (Å²) in [6.45, 7) is 11.8. The first-order chi connectivity index (χ1) is 11.5. The Labute approximate surface area is 155 Å². The Bertz CT molecular complexity index is 594. The maximum atomic E-state index is 12.6. The van der Waals surface area contributed by atoms with E-state index in [1.165, 1.54) is 0 Å². The third-order valence-electron chi connectivity index (χ3n) is 3.92. The molecule has 0 saturated carbocycles. The van der Waals surface area contributed by atoms with Crippen LogP contribution >= 0.6 is 11.6 Å². The standard InChI is InChI=1S/C19H28ClNO4/c1-13(24-16-9-7-14(20)8-10-16)11-15-12-23-19(5,6)21(15)17(22)25-18(2,3)4/h7-10,13,15H,11-12H2,1-6H3/t13-,15-/m0/s1. The van der Waals surface area contributed by atoms with E-state index in [1.54, 1.807) is 17.0 Å². The lowest BCUT2D eigenvalue weighted by Gasteiger charge is -2.35. The molecular weight excluding hydrogens is 342 g/mol. The monoisotopic (exact) mass is 369 g/mol. The van der Waals surface area contributed by atoms with E-state index in [2.05, 4.69) is 0 Å². The van der Waals surface area contributed by atoms with Crippen LogP contribution in [0.2, 0.25) is 5.02 Å². The van der Waals surface area contributed by atoms with E-state index < -0.39 is 11.3 Å².